The highest BCUT2D eigenvalue weighted by molar-refractivity contribution is 14.1. The van der Waals surface area contributed by atoms with E-state index in [9.17, 15) is 19.2 Å². The summed E-state index contributed by atoms with van der Waals surface area (Å²) in [5, 5.41) is 8.17. The van der Waals surface area contributed by atoms with E-state index in [1.54, 1.807) is 19.1 Å². The number of carboxylic acid groups (broad SMARTS) is 1. The first-order valence-electron chi connectivity index (χ1n) is 7.47. The molecule has 0 unspecified atom stereocenters. The molecule has 0 radical (unpaired) electrons. The van der Waals surface area contributed by atoms with Crippen LogP contribution in [0.5, 0.6) is 5.75 Å². The van der Waals surface area contributed by atoms with Crippen molar-refractivity contribution in [2.75, 3.05) is 19.8 Å². The van der Waals surface area contributed by atoms with Crippen molar-refractivity contribution < 1.29 is 33.8 Å². The monoisotopic (exact) mass is 569 g/mol. The van der Waals surface area contributed by atoms with Crippen molar-refractivity contribution in [2.45, 2.75) is 6.92 Å². The van der Waals surface area contributed by atoms with Crippen molar-refractivity contribution in [3.8, 4) is 5.75 Å². The molecular weight excluding hydrogens is 557 g/mol. The van der Waals surface area contributed by atoms with E-state index in [2.05, 4.69) is 15.9 Å². The summed E-state index contributed by atoms with van der Waals surface area (Å²) < 4.78 is 11.1. The van der Waals surface area contributed by atoms with Gasteiger partial charge in [-0.05, 0) is 81.0 Å². The van der Waals surface area contributed by atoms with Crippen LogP contribution in [0.2, 0.25) is 0 Å². The number of hydrogen-bond donors (Lipinski definition) is 1. The molecule has 1 aliphatic heterocycles. The average molecular weight is 570 g/mol. The molecule has 1 aliphatic rings. The number of carboxylic acids is 1. The zero-order valence-corrected chi connectivity index (χ0v) is 18.4. The maximum atomic E-state index is 12.4. The van der Waals surface area contributed by atoms with Gasteiger partial charge in [-0.3, -0.25) is 19.3 Å². The molecule has 0 aliphatic carbocycles. The lowest BCUT2D eigenvalue weighted by Crippen LogP contribution is -2.34. The van der Waals surface area contributed by atoms with Gasteiger partial charge in [0.15, 0.2) is 6.61 Å². The smallest absolute Gasteiger partial charge is 0.341 e. The Morgan fingerprint density at radius 3 is 2.67 bits per heavy atom. The maximum Gasteiger partial charge on any atom is 0.341 e. The van der Waals surface area contributed by atoms with Crippen molar-refractivity contribution in [1.29, 1.82) is 0 Å². The van der Waals surface area contributed by atoms with E-state index in [-0.39, 0.29) is 11.5 Å². The fourth-order valence-electron chi connectivity index (χ4n) is 2.06. The third kappa shape index (κ3) is 5.69. The Kier molecular flexibility index (Phi) is 7.68. The summed E-state index contributed by atoms with van der Waals surface area (Å²) in [6.45, 7) is 0.877. The normalized spacial score (nSPS) is 15.4. The first-order valence-corrected chi connectivity index (χ1v) is 10.2. The van der Waals surface area contributed by atoms with Gasteiger partial charge >= 0.3 is 11.9 Å². The second kappa shape index (κ2) is 9.55. The van der Waals surface area contributed by atoms with Gasteiger partial charge in [0.05, 0.1) is 19.6 Å². The number of amides is 2. The highest BCUT2D eigenvalue weighted by Crippen LogP contribution is 2.36. The Morgan fingerprint density at radius 2 is 2.07 bits per heavy atom. The van der Waals surface area contributed by atoms with Gasteiger partial charge in [-0.15, -0.1) is 0 Å². The topological polar surface area (TPSA) is 110 Å². The highest BCUT2D eigenvalue weighted by atomic mass is 127. The number of imide groups is 1. The summed E-state index contributed by atoms with van der Waals surface area (Å²) in [4.78, 5) is 47.6. The predicted octanol–water partition coefficient (Wildman–Crippen LogP) is 3.12. The standard InChI is InChI=1S/C16H13BrINO7S/c1-2-25-13(22)6-19-15(23)11(27-16(19)24)5-8-3-9(17)14(10(18)4-8)26-7-12(20)21/h3-5H,2,6-7H2,1H3,(H,20,21)/b11-5+. The summed E-state index contributed by atoms with van der Waals surface area (Å²) in [6.07, 6.45) is 1.52. The first kappa shape index (κ1) is 21.7. The molecule has 11 heteroatoms. The number of ether oxygens (including phenoxy) is 2. The number of benzene rings is 1. The lowest BCUT2D eigenvalue weighted by atomic mass is 10.2. The summed E-state index contributed by atoms with van der Waals surface area (Å²) in [6, 6.07) is 3.32. The third-order valence-corrected chi connectivity index (χ3v) is 5.42. The van der Waals surface area contributed by atoms with E-state index in [4.69, 9.17) is 14.6 Å². The molecule has 0 spiro atoms. The van der Waals surface area contributed by atoms with Crippen molar-refractivity contribution in [3.05, 3.63) is 30.6 Å². The summed E-state index contributed by atoms with van der Waals surface area (Å²) >= 11 is 6.01. The van der Waals surface area contributed by atoms with Gasteiger partial charge in [0.25, 0.3) is 11.1 Å². The Bertz CT molecular complexity index is 819. The van der Waals surface area contributed by atoms with E-state index < -0.39 is 36.2 Å². The molecule has 1 aromatic carbocycles. The Hall–Kier alpha value is -1.60. The number of nitrogens with zero attached hydrogens (tertiary/aromatic N) is 1. The van der Waals surface area contributed by atoms with E-state index in [0.717, 1.165) is 16.7 Å². The number of halogens is 2. The molecular formula is C16H13BrINO7S. The lowest BCUT2D eigenvalue weighted by Gasteiger charge is -2.11. The largest absolute Gasteiger partial charge is 0.480 e. The molecule has 0 aromatic heterocycles. The van der Waals surface area contributed by atoms with Gasteiger partial charge < -0.3 is 14.6 Å². The van der Waals surface area contributed by atoms with Crippen molar-refractivity contribution in [2.24, 2.45) is 0 Å². The van der Waals surface area contributed by atoms with Crippen molar-refractivity contribution in [3.63, 3.8) is 0 Å². The van der Waals surface area contributed by atoms with Crippen LogP contribution in [0.15, 0.2) is 21.5 Å². The predicted molar refractivity (Wildman–Crippen MR) is 109 cm³/mol. The second-order valence-electron chi connectivity index (χ2n) is 5.07. The number of esters is 1. The molecule has 2 amide bonds. The van der Waals surface area contributed by atoms with Gasteiger partial charge in [0.1, 0.15) is 12.3 Å². The van der Waals surface area contributed by atoms with E-state index >= 15 is 0 Å². The third-order valence-electron chi connectivity index (χ3n) is 3.12. The summed E-state index contributed by atoms with van der Waals surface area (Å²) in [5.41, 5.74) is 0.607. The SMILES string of the molecule is CCOC(=O)CN1C(=O)S/C(=C/c2cc(Br)c(OCC(=O)O)c(I)c2)C1=O. The zero-order chi connectivity index (χ0) is 20.1. The first-order chi connectivity index (χ1) is 12.7. The zero-order valence-electron chi connectivity index (χ0n) is 13.9. The fraction of sp³-hybridized carbons (Fsp3) is 0.250. The van der Waals surface area contributed by atoms with E-state index in [0.29, 0.717) is 19.4 Å². The van der Waals surface area contributed by atoms with Crippen LogP contribution < -0.4 is 4.74 Å². The molecule has 1 saturated heterocycles. The van der Waals surface area contributed by atoms with Crippen LogP contribution in [-0.2, 0) is 19.1 Å². The highest BCUT2D eigenvalue weighted by Gasteiger charge is 2.36. The molecule has 0 atom stereocenters. The Labute approximate surface area is 180 Å². The number of hydrogen-bond acceptors (Lipinski definition) is 7. The number of carbonyl (C=O) groups is 4. The van der Waals surface area contributed by atoms with Crippen LogP contribution in [0.3, 0.4) is 0 Å². The Morgan fingerprint density at radius 1 is 1.37 bits per heavy atom. The van der Waals surface area contributed by atoms with E-state index in [1.165, 1.54) is 6.08 Å². The number of thioether (sulfide) groups is 1. The molecule has 8 nitrogen and oxygen atoms in total. The minimum atomic E-state index is -1.10. The van der Waals surface area contributed by atoms with Gasteiger partial charge in [0.2, 0.25) is 0 Å². The molecule has 144 valence electrons. The summed E-state index contributed by atoms with van der Waals surface area (Å²) in [7, 11) is 0. The van der Waals surface area contributed by atoms with Crippen molar-refractivity contribution >= 4 is 79.4 Å². The number of carbonyl (C=O) groups excluding carboxylic acids is 3. The molecule has 1 heterocycles. The van der Waals surface area contributed by atoms with Crippen LogP contribution in [0.25, 0.3) is 6.08 Å². The van der Waals surface area contributed by atoms with E-state index in [1.807, 2.05) is 22.6 Å². The molecule has 1 fully saturated rings. The maximum absolute atomic E-state index is 12.4. The Balaban J connectivity index is 2.21. The quantitative estimate of drug-likeness (QED) is 0.303. The molecule has 0 bridgehead atoms. The lowest BCUT2D eigenvalue weighted by molar-refractivity contribution is -0.146. The minimum Gasteiger partial charge on any atom is -0.480 e. The fourth-order valence-corrected chi connectivity index (χ4v) is 4.67. The number of aliphatic carboxylic acids is 1. The van der Waals surface area contributed by atoms with Gasteiger partial charge in [0, 0.05) is 0 Å². The summed E-state index contributed by atoms with van der Waals surface area (Å²) in [5.74, 6) is -1.96. The molecule has 27 heavy (non-hydrogen) atoms. The van der Waals surface area contributed by atoms with Crippen LogP contribution in [0.1, 0.15) is 12.5 Å². The molecule has 1 N–H and O–H groups in total. The van der Waals surface area contributed by atoms with Crippen molar-refractivity contribution in [1.82, 2.24) is 4.90 Å². The number of rotatable bonds is 7. The molecule has 1 aromatic rings. The van der Waals surface area contributed by atoms with Gasteiger partial charge in [-0.2, -0.15) is 0 Å². The second-order valence-corrected chi connectivity index (χ2v) is 8.08. The minimum absolute atomic E-state index is 0.160. The molecule has 0 saturated carbocycles. The van der Waals surface area contributed by atoms with Crippen LogP contribution in [0.4, 0.5) is 4.79 Å². The van der Waals surface area contributed by atoms with Gasteiger partial charge in [-0.1, -0.05) is 0 Å². The van der Waals surface area contributed by atoms with Crippen LogP contribution >= 0.6 is 50.3 Å². The van der Waals surface area contributed by atoms with Gasteiger partial charge in [-0.25, -0.2) is 4.79 Å². The van der Waals surface area contributed by atoms with Crippen LogP contribution in [-0.4, -0.2) is 52.8 Å². The average Bonchev–Trinajstić information content (AvgIpc) is 2.81. The molecule has 2 rings (SSSR count). The van der Waals surface area contributed by atoms with Crippen LogP contribution in [0, 0.1) is 3.57 Å².